The highest BCUT2D eigenvalue weighted by molar-refractivity contribution is 6.30. The molecular formula is C8H6ClFN4. The predicted molar refractivity (Wildman–Crippen MR) is 48.9 cm³/mol. The van der Waals surface area contributed by atoms with Gasteiger partial charge in [0.1, 0.15) is 5.69 Å². The summed E-state index contributed by atoms with van der Waals surface area (Å²) in [5.74, 6) is 0.0381. The SMILES string of the molecule is Cc1nnn(-c2cc(Cl)ccc2F)n1. The third-order valence-corrected chi connectivity index (χ3v) is 1.87. The minimum Gasteiger partial charge on any atom is -0.205 e. The molecule has 0 N–H and O–H groups in total. The van der Waals surface area contributed by atoms with E-state index in [1.165, 1.54) is 18.2 Å². The van der Waals surface area contributed by atoms with Crippen molar-refractivity contribution in [2.45, 2.75) is 6.92 Å². The molecule has 4 nitrogen and oxygen atoms in total. The largest absolute Gasteiger partial charge is 0.205 e. The summed E-state index contributed by atoms with van der Waals surface area (Å²) in [6.07, 6.45) is 0. The van der Waals surface area contributed by atoms with Crippen LogP contribution in [0.25, 0.3) is 5.69 Å². The molecule has 0 spiro atoms. The van der Waals surface area contributed by atoms with Crippen molar-refractivity contribution in [2.24, 2.45) is 0 Å². The fraction of sp³-hybridized carbons (Fsp3) is 0.125. The molecule has 14 heavy (non-hydrogen) atoms. The number of aromatic nitrogens is 4. The van der Waals surface area contributed by atoms with E-state index >= 15 is 0 Å². The van der Waals surface area contributed by atoms with Gasteiger partial charge in [-0.25, -0.2) is 4.39 Å². The Morgan fingerprint density at radius 1 is 1.43 bits per heavy atom. The molecule has 1 heterocycles. The summed E-state index contributed by atoms with van der Waals surface area (Å²) in [6.45, 7) is 1.67. The first kappa shape index (κ1) is 9.08. The van der Waals surface area contributed by atoms with Gasteiger partial charge >= 0.3 is 0 Å². The lowest BCUT2D eigenvalue weighted by atomic mass is 10.3. The van der Waals surface area contributed by atoms with E-state index in [1.54, 1.807) is 6.92 Å². The first-order valence-electron chi connectivity index (χ1n) is 3.89. The van der Waals surface area contributed by atoms with Gasteiger partial charge in [0.2, 0.25) is 0 Å². The fourth-order valence-electron chi connectivity index (χ4n) is 1.03. The zero-order valence-corrected chi connectivity index (χ0v) is 8.03. The minimum atomic E-state index is -0.438. The van der Waals surface area contributed by atoms with Crippen LogP contribution in [-0.2, 0) is 0 Å². The van der Waals surface area contributed by atoms with Crippen LogP contribution in [0, 0.1) is 12.7 Å². The zero-order valence-electron chi connectivity index (χ0n) is 7.28. The van der Waals surface area contributed by atoms with Gasteiger partial charge in [0.25, 0.3) is 0 Å². The normalized spacial score (nSPS) is 10.5. The molecule has 0 atom stereocenters. The lowest BCUT2D eigenvalue weighted by Gasteiger charge is -2.00. The van der Waals surface area contributed by atoms with Crippen molar-refractivity contribution in [3.63, 3.8) is 0 Å². The summed E-state index contributed by atoms with van der Waals surface area (Å²) in [5.41, 5.74) is 0.193. The highest BCUT2D eigenvalue weighted by Gasteiger charge is 2.07. The Bertz CT molecular complexity index is 468. The van der Waals surface area contributed by atoms with Crippen molar-refractivity contribution in [1.29, 1.82) is 0 Å². The van der Waals surface area contributed by atoms with Gasteiger partial charge in [-0.3, -0.25) is 0 Å². The van der Waals surface area contributed by atoms with Crippen LogP contribution in [-0.4, -0.2) is 20.2 Å². The maximum absolute atomic E-state index is 13.3. The monoisotopic (exact) mass is 212 g/mol. The van der Waals surface area contributed by atoms with Gasteiger partial charge in [0.15, 0.2) is 11.6 Å². The van der Waals surface area contributed by atoms with Gasteiger partial charge in [-0.15, -0.1) is 15.0 Å². The average molecular weight is 213 g/mol. The molecule has 0 bridgehead atoms. The molecule has 0 aliphatic heterocycles. The van der Waals surface area contributed by atoms with E-state index in [4.69, 9.17) is 11.6 Å². The van der Waals surface area contributed by atoms with Gasteiger partial charge in [-0.2, -0.15) is 0 Å². The standard InChI is InChI=1S/C8H6ClFN4/c1-5-11-13-14(12-5)8-4-6(9)2-3-7(8)10/h2-4H,1H3. The number of aryl methyl sites for hydroxylation is 1. The average Bonchev–Trinajstić information content (AvgIpc) is 2.56. The molecule has 0 amide bonds. The van der Waals surface area contributed by atoms with E-state index in [-0.39, 0.29) is 5.69 Å². The first-order chi connectivity index (χ1) is 6.66. The Kier molecular flexibility index (Phi) is 2.17. The lowest BCUT2D eigenvalue weighted by Crippen LogP contribution is -2.02. The van der Waals surface area contributed by atoms with Crippen molar-refractivity contribution < 1.29 is 4.39 Å². The molecule has 1 aromatic carbocycles. The molecule has 2 rings (SSSR count). The second-order valence-electron chi connectivity index (χ2n) is 2.72. The molecule has 72 valence electrons. The van der Waals surface area contributed by atoms with Crippen LogP contribution >= 0.6 is 11.6 Å². The number of tetrazole rings is 1. The Morgan fingerprint density at radius 2 is 2.21 bits per heavy atom. The summed E-state index contributed by atoms with van der Waals surface area (Å²) in [7, 11) is 0. The third-order valence-electron chi connectivity index (χ3n) is 1.64. The summed E-state index contributed by atoms with van der Waals surface area (Å²) in [5, 5.41) is 11.6. The molecular weight excluding hydrogens is 207 g/mol. The van der Waals surface area contributed by atoms with E-state index in [0.717, 1.165) is 4.80 Å². The van der Waals surface area contributed by atoms with Crippen molar-refractivity contribution >= 4 is 11.6 Å². The number of benzene rings is 1. The number of halogens is 2. The number of hydrogen-bond acceptors (Lipinski definition) is 3. The van der Waals surface area contributed by atoms with Crippen molar-refractivity contribution in [2.75, 3.05) is 0 Å². The first-order valence-corrected chi connectivity index (χ1v) is 4.26. The van der Waals surface area contributed by atoms with E-state index in [0.29, 0.717) is 10.8 Å². The van der Waals surface area contributed by atoms with Crippen LogP contribution in [0.4, 0.5) is 4.39 Å². The van der Waals surface area contributed by atoms with E-state index in [2.05, 4.69) is 15.4 Å². The van der Waals surface area contributed by atoms with E-state index in [9.17, 15) is 4.39 Å². The van der Waals surface area contributed by atoms with Crippen LogP contribution in [0.15, 0.2) is 18.2 Å². The highest BCUT2D eigenvalue weighted by atomic mass is 35.5. The lowest BCUT2D eigenvalue weighted by molar-refractivity contribution is 0.591. The number of nitrogens with zero attached hydrogens (tertiary/aromatic N) is 4. The maximum Gasteiger partial charge on any atom is 0.172 e. The number of hydrogen-bond donors (Lipinski definition) is 0. The van der Waals surface area contributed by atoms with Crippen LogP contribution in [0.3, 0.4) is 0 Å². The molecule has 2 aromatic rings. The second kappa shape index (κ2) is 3.34. The smallest absolute Gasteiger partial charge is 0.172 e. The number of rotatable bonds is 1. The van der Waals surface area contributed by atoms with Crippen LogP contribution in [0.2, 0.25) is 5.02 Å². The summed E-state index contributed by atoms with van der Waals surface area (Å²) in [6, 6.07) is 4.17. The Morgan fingerprint density at radius 3 is 2.86 bits per heavy atom. The third kappa shape index (κ3) is 1.58. The topological polar surface area (TPSA) is 43.6 Å². The Labute approximate surface area is 84.3 Å². The highest BCUT2D eigenvalue weighted by Crippen LogP contribution is 2.16. The molecule has 0 saturated heterocycles. The molecule has 0 radical (unpaired) electrons. The van der Waals surface area contributed by atoms with Gasteiger partial charge in [-0.1, -0.05) is 11.6 Å². The van der Waals surface area contributed by atoms with Gasteiger partial charge in [0, 0.05) is 5.02 Å². The van der Waals surface area contributed by atoms with Crippen LogP contribution < -0.4 is 0 Å². The second-order valence-corrected chi connectivity index (χ2v) is 3.16. The van der Waals surface area contributed by atoms with Crippen LogP contribution in [0.5, 0.6) is 0 Å². The summed E-state index contributed by atoms with van der Waals surface area (Å²) >= 11 is 5.72. The predicted octanol–water partition coefficient (Wildman–Crippen LogP) is 1.76. The Balaban J connectivity index is 2.55. The van der Waals surface area contributed by atoms with Crippen molar-refractivity contribution in [1.82, 2.24) is 20.2 Å². The quantitative estimate of drug-likeness (QED) is 0.724. The molecule has 0 fully saturated rings. The van der Waals surface area contributed by atoms with Gasteiger partial charge < -0.3 is 0 Å². The molecule has 0 aliphatic rings. The Hall–Kier alpha value is -1.49. The molecule has 0 saturated carbocycles. The molecule has 0 unspecified atom stereocenters. The van der Waals surface area contributed by atoms with Crippen molar-refractivity contribution in [3.05, 3.63) is 34.9 Å². The van der Waals surface area contributed by atoms with Crippen LogP contribution in [0.1, 0.15) is 5.82 Å². The molecule has 0 aliphatic carbocycles. The van der Waals surface area contributed by atoms with Crippen molar-refractivity contribution in [3.8, 4) is 5.69 Å². The van der Waals surface area contributed by atoms with E-state index < -0.39 is 5.82 Å². The molecule has 1 aromatic heterocycles. The zero-order chi connectivity index (χ0) is 10.1. The fourth-order valence-corrected chi connectivity index (χ4v) is 1.19. The van der Waals surface area contributed by atoms with Gasteiger partial charge in [0.05, 0.1) is 0 Å². The molecule has 6 heteroatoms. The maximum atomic E-state index is 13.3. The summed E-state index contributed by atoms with van der Waals surface area (Å²) in [4.78, 5) is 1.11. The summed E-state index contributed by atoms with van der Waals surface area (Å²) < 4.78 is 13.3. The minimum absolute atomic E-state index is 0.193. The van der Waals surface area contributed by atoms with Gasteiger partial charge in [-0.05, 0) is 30.3 Å². The van der Waals surface area contributed by atoms with E-state index in [1.807, 2.05) is 0 Å².